The van der Waals surface area contributed by atoms with E-state index < -0.39 is 8.41 Å². The molecule has 0 N–H and O–H groups in total. The first-order valence-corrected chi connectivity index (χ1v) is 15.8. The van der Waals surface area contributed by atoms with Gasteiger partial charge in [0.2, 0.25) is 0 Å². The van der Waals surface area contributed by atoms with E-state index in [4.69, 9.17) is 0 Å². The van der Waals surface area contributed by atoms with Gasteiger partial charge in [-0.3, -0.25) is 0 Å². The molecule has 0 bridgehead atoms. The molecule has 0 atom stereocenters. The fourth-order valence-corrected chi connectivity index (χ4v) is 8.19. The first kappa shape index (κ1) is 28.1. The molecule has 0 fully saturated rings. The molecule has 42 heavy (non-hydrogen) atoms. The van der Waals surface area contributed by atoms with E-state index in [1.54, 1.807) is 0 Å². The maximum absolute atomic E-state index is 2.49. The minimum atomic E-state index is -0.977. The predicted octanol–water partition coefficient (Wildman–Crippen LogP) is 8.39. The normalized spacial score (nSPS) is 10.8. The number of fused-ring (bicyclic) bond motifs is 6. The minimum Gasteiger partial charge on any atom is -0.165 e. The second kappa shape index (κ2) is 12.4. The molecule has 0 aliphatic heterocycles. The van der Waals surface area contributed by atoms with Gasteiger partial charge in [0.05, 0.1) is 0 Å². The number of aryl methyl sites for hydroxylation is 1. The van der Waals surface area contributed by atoms with Crippen LogP contribution in [0.15, 0.2) is 158 Å². The summed E-state index contributed by atoms with van der Waals surface area (Å²) >= 11 is 0. The van der Waals surface area contributed by atoms with Gasteiger partial charge in [-0.15, -0.1) is 62.6 Å². The van der Waals surface area contributed by atoms with Crippen LogP contribution in [0.1, 0.15) is 11.1 Å². The third kappa shape index (κ3) is 5.66. The summed E-state index contributed by atoms with van der Waals surface area (Å²) in [5, 5.41) is 13.6. The Morgan fingerprint density at radius 1 is 0.476 bits per heavy atom. The van der Waals surface area contributed by atoms with Gasteiger partial charge in [0.1, 0.15) is 0 Å². The maximum Gasteiger partial charge on any atom is 2.00 e. The fourth-order valence-electron chi connectivity index (χ4n) is 5.92. The van der Waals surface area contributed by atoms with Gasteiger partial charge in [-0.05, 0) is 10.4 Å². The molecule has 0 saturated carbocycles. The molecule has 0 aromatic heterocycles. The van der Waals surface area contributed by atoms with E-state index in [0.29, 0.717) is 0 Å². The zero-order valence-corrected chi connectivity index (χ0v) is 26.2. The molecule has 0 saturated heterocycles. The van der Waals surface area contributed by atoms with Gasteiger partial charge in [0, 0.05) is 8.41 Å². The smallest absolute Gasteiger partial charge is 0.165 e. The van der Waals surface area contributed by atoms with Gasteiger partial charge in [0.15, 0.2) is 0 Å². The van der Waals surface area contributed by atoms with Crippen molar-refractivity contribution in [3.8, 4) is 0 Å². The van der Waals surface area contributed by atoms with Crippen LogP contribution in [0, 0.1) is 6.92 Å². The van der Waals surface area contributed by atoms with Gasteiger partial charge in [-0.2, -0.15) is 6.07 Å². The summed E-state index contributed by atoms with van der Waals surface area (Å²) < 4.78 is 0. The largest absolute Gasteiger partial charge is 2.00 e. The molecule has 0 heterocycles. The summed E-state index contributed by atoms with van der Waals surface area (Å²) in [6.07, 6.45) is 0. The molecule has 0 spiro atoms. The third-order valence-corrected chi connectivity index (χ3v) is 10.4. The number of hydrogen-bond donors (Lipinski definition) is 0. The van der Waals surface area contributed by atoms with E-state index >= 15 is 0 Å². The van der Waals surface area contributed by atoms with Crippen LogP contribution in [0.5, 0.6) is 0 Å². The molecule has 8 aromatic rings. The summed E-state index contributed by atoms with van der Waals surface area (Å²) in [6, 6.07) is 57.0. The molecule has 0 unspecified atom stereocenters. The monoisotopic (exact) mass is 562 g/mol. The quantitative estimate of drug-likeness (QED) is 0.150. The summed E-state index contributed by atoms with van der Waals surface area (Å²) in [5.41, 5.74) is 5.16. The molecule has 0 amide bonds. The standard InChI is InChI=1S/C26H19Si.C14H11.Mg/c1-3-10-23(11-4-1)27(24-12-5-2-6-13-24)19-20-17-22-16-15-21-9-7-8-14-25(21)26(22)18-20;1-10-8-12-7-6-11-4-2-3-5-13(11)14(12)9-10;/h1-19H;2-9H,1H3;/q2*-1;+2. The summed E-state index contributed by atoms with van der Waals surface area (Å²) in [6.45, 7) is 2.15. The number of rotatable bonds is 3. The molecule has 8 rings (SSSR count). The molecule has 8 aromatic carbocycles. The Hall–Kier alpha value is -4.09. The van der Waals surface area contributed by atoms with Crippen molar-refractivity contribution in [2.24, 2.45) is 0 Å². The molecule has 0 aliphatic rings. The Morgan fingerprint density at radius 2 is 0.929 bits per heavy atom. The molecule has 0 nitrogen and oxygen atoms in total. The van der Waals surface area contributed by atoms with E-state index in [2.05, 4.69) is 170 Å². The first-order chi connectivity index (χ1) is 20.2. The Kier molecular flexibility index (Phi) is 8.30. The van der Waals surface area contributed by atoms with Crippen molar-refractivity contribution in [1.29, 1.82) is 0 Å². The Balaban J connectivity index is 0.000000177. The molecule has 196 valence electrons. The zero-order chi connectivity index (χ0) is 27.6. The van der Waals surface area contributed by atoms with Crippen molar-refractivity contribution in [1.82, 2.24) is 0 Å². The van der Waals surface area contributed by atoms with E-state index in [0.717, 1.165) is 0 Å². The summed E-state index contributed by atoms with van der Waals surface area (Å²) in [5.74, 6) is 0. The molecular formula is C40H30MgSi. The van der Waals surface area contributed by atoms with Gasteiger partial charge < -0.3 is 0 Å². The summed E-state index contributed by atoms with van der Waals surface area (Å²) in [7, 11) is -0.977. The van der Waals surface area contributed by atoms with Crippen LogP contribution in [0.3, 0.4) is 0 Å². The van der Waals surface area contributed by atoms with Gasteiger partial charge in [0.25, 0.3) is 0 Å². The predicted molar refractivity (Wildman–Crippen MR) is 188 cm³/mol. The molecular weight excluding hydrogens is 533 g/mol. The van der Waals surface area contributed by atoms with E-state index in [1.165, 1.54) is 64.6 Å². The molecule has 0 aliphatic carbocycles. The van der Waals surface area contributed by atoms with Crippen molar-refractivity contribution in [3.63, 3.8) is 0 Å². The second-order valence-electron chi connectivity index (χ2n) is 10.7. The van der Waals surface area contributed by atoms with E-state index in [9.17, 15) is 0 Å². The van der Waals surface area contributed by atoms with Crippen LogP contribution in [0.25, 0.3) is 43.1 Å². The van der Waals surface area contributed by atoms with Gasteiger partial charge in [-0.1, -0.05) is 156 Å². The van der Waals surface area contributed by atoms with Crippen molar-refractivity contribution in [2.45, 2.75) is 6.92 Å². The Labute approximate surface area is 265 Å². The minimum absolute atomic E-state index is 0. The van der Waals surface area contributed by atoms with Crippen molar-refractivity contribution < 1.29 is 0 Å². The maximum atomic E-state index is 2.49. The SMILES string of the molecule is C(c1cc2ccc3ccccc3c2[cH-]1)=[Si](c1ccccc1)c1ccccc1.Cc1cc2ccc3ccccc3c2[cH-]1.[Mg+2]. The Morgan fingerprint density at radius 3 is 1.50 bits per heavy atom. The first-order valence-electron chi connectivity index (χ1n) is 14.2. The molecule has 0 radical (unpaired) electrons. The van der Waals surface area contributed by atoms with Crippen LogP contribution >= 0.6 is 0 Å². The fraction of sp³-hybridized carbons (Fsp3) is 0.0250. The molecule has 2 heteroatoms. The van der Waals surface area contributed by atoms with Crippen molar-refractivity contribution >= 4 is 90.6 Å². The van der Waals surface area contributed by atoms with Crippen LogP contribution in [0.2, 0.25) is 0 Å². The number of hydrogen-bond acceptors (Lipinski definition) is 0. The van der Waals surface area contributed by atoms with Crippen LogP contribution in [0.4, 0.5) is 0 Å². The summed E-state index contributed by atoms with van der Waals surface area (Å²) in [4.78, 5) is 0. The Bertz CT molecular complexity index is 2110. The van der Waals surface area contributed by atoms with E-state index in [-0.39, 0.29) is 23.1 Å². The second-order valence-corrected chi connectivity index (χ2v) is 13.0. The van der Waals surface area contributed by atoms with Gasteiger partial charge >= 0.3 is 23.1 Å². The average molecular weight is 563 g/mol. The van der Waals surface area contributed by atoms with E-state index in [1.807, 2.05) is 0 Å². The van der Waals surface area contributed by atoms with Crippen LogP contribution < -0.4 is 10.4 Å². The average Bonchev–Trinajstić information content (AvgIpc) is 3.64. The third-order valence-electron chi connectivity index (χ3n) is 7.88. The van der Waals surface area contributed by atoms with Crippen LogP contribution in [-0.2, 0) is 0 Å². The zero-order valence-electron chi connectivity index (χ0n) is 23.8. The number of benzene rings is 6. The van der Waals surface area contributed by atoms with Crippen molar-refractivity contribution in [2.75, 3.05) is 0 Å². The topological polar surface area (TPSA) is 0 Å². The van der Waals surface area contributed by atoms with Crippen molar-refractivity contribution in [3.05, 3.63) is 169 Å². The van der Waals surface area contributed by atoms with Gasteiger partial charge in [-0.25, -0.2) is 0 Å². The van der Waals surface area contributed by atoms with Crippen LogP contribution in [-0.4, -0.2) is 37.1 Å².